The van der Waals surface area contributed by atoms with Crippen LogP contribution in [0.15, 0.2) is 40.8 Å². The van der Waals surface area contributed by atoms with Crippen molar-refractivity contribution < 1.29 is 22.7 Å². The lowest BCUT2D eigenvalue weighted by Crippen LogP contribution is -2.51. The molecule has 1 aliphatic rings. The molecule has 192 valence electrons. The fourth-order valence-corrected chi connectivity index (χ4v) is 5.61. The Morgan fingerprint density at radius 3 is 2.36 bits per heavy atom. The number of carbonyl (C=O) groups is 2. The van der Waals surface area contributed by atoms with Crippen molar-refractivity contribution in [3.63, 3.8) is 0 Å². The van der Waals surface area contributed by atoms with Crippen molar-refractivity contribution in [2.75, 3.05) is 32.8 Å². The topological polar surface area (TPSA) is 113 Å². The average molecular weight is 533 g/mol. The van der Waals surface area contributed by atoms with E-state index >= 15 is 0 Å². The van der Waals surface area contributed by atoms with Crippen LogP contribution in [0.5, 0.6) is 0 Å². The molecule has 0 aliphatic carbocycles. The SMILES string of the molecule is CCCn1c(C)cc(C=C(C#N)C(=O)OCC(=O)N2CCN(S(=O)(=O)c3ccc(Cl)cc3)CC2)c1C. The highest BCUT2D eigenvalue weighted by atomic mass is 35.5. The molecule has 1 aromatic carbocycles. The van der Waals surface area contributed by atoms with E-state index in [-0.39, 0.29) is 36.6 Å². The molecule has 1 aromatic heterocycles. The van der Waals surface area contributed by atoms with Gasteiger partial charge in [0, 0.05) is 49.1 Å². The Hall–Kier alpha value is -3.13. The van der Waals surface area contributed by atoms with Crippen molar-refractivity contribution in [2.45, 2.75) is 38.6 Å². The molecule has 2 aromatic rings. The maximum atomic E-state index is 12.8. The number of hydrogen-bond donors (Lipinski definition) is 0. The van der Waals surface area contributed by atoms with E-state index in [1.807, 2.05) is 26.0 Å². The molecule has 11 heteroatoms. The zero-order valence-corrected chi connectivity index (χ0v) is 22.1. The van der Waals surface area contributed by atoms with E-state index in [0.717, 1.165) is 29.9 Å². The van der Waals surface area contributed by atoms with Crippen LogP contribution in [-0.2, 0) is 30.9 Å². The van der Waals surface area contributed by atoms with E-state index in [9.17, 15) is 23.3 Å². The number of carbonyl (C=O) groups excluding carboxylic acids is 2. The fourth-order valence-electron chi connectivity index (χ4n) is 4.06. The third kappa shape index (κ3) is 6.16. The van der Waals surface area contributed by atoms with Crippen LogP contribution in [0.25, 0.3) is 6.08 Å². The molecule has 3 rings (SSSR count). The van der Waals surface area contributed by atoms with Crippen LogP contribution in [-0.4, -0.2) is 66.9 Å². The van der Waals surface area contributed by atoms with Crippen molar-refractivity contribution >= 4 is 39.6 Å². The lowest BCUT2D eigenvalue weighted by atomic mass is 10.1. The van der Waals surface area contributed by atoms with Crippen molar-refractivity contribution in [1.82, 2.24) is 13.8 Å². The summed E-state index contributed by atoms with van der Waals surface area (Å²) in [5, 5.41) is 9.90. The summed E-state index contributed by atoms with van der Waals surface area (Å²) in [5.74, 6) is -1.33. The monoisotopic (exact) mass is 532 g/mol. The maximum Gasteiger partial charge on any atom is 0.349 e. The molecular weight excluding hydrogens is 504 g/mol. The minimum Gasteiger partial charge on any atom is -0.451 e. The molecule has 9 nitrogen and oxygen atoms in total. The van der Waals surface area contributed by atoms with Gasteiger partial charge in [-0.05, 0) is 62.2 Å². The molecule has 0 N–H and O–H groups in total. The predicted molar refractivity (Wildman–Crippen MR) is 136 cm³/mol. The molecule has 1 fully saturated rings. The molecular formula is C25H29ClN4O5S. The van der Waals surface area contributed by atoms with E-state index in [1.165, 1.54) is 39.5 Å². The first-order valence-corrected chi connectivity index (χ1v) is 13.4. The Labute approximate surface area is 216 Å². The molecule has 1 aliphatic heterocycles. The average Bonchev–Trinajstić information content (AvgIpc) is 3.13. The summed E-state index contributed by atoms with van der Waals surface area (Å²) < 4.78 is 34.1. The van der Waals surface area contributed by atoms with E-state index in [2.05, 4.69) is 11.5 Å². The lowest BCUT2D eigenvalue weighted by molar-refractivity contribution is -0.149. The van der Waals surface area contributed by atoms with Crippen LogP contribution in [0.4, 0.5) is 0 Å². The molecule has 1 saturated heterocycles. The molecule has 0 unspecified atom stereocenters. The van der Waals surface area contributed by atoms with Gasteiger partial charge >= 0.3 is 5.97 Å². The number of benzene rings is 1. The summed E-state index contributed by atoms with van der Waals surface area (Å²) in [4.78, 5) is 26.6. The normalized spacial score (nSPS) is 15.0. The Morgan fingerprint density at radius 2 is 1.78 bits per heavy atom. The van der Waals surface area contributed by atoms with Gasteiger partial charge in [-0.3, -0.25) is 4.79 Å². The van der Waals surface area contributed by atoms with E-state index < -0.39 is 28.5 Å². The van der Waals surface area contributed by atoms with Crippen LogP contribution >= 0.6 is 11.6 Å². The highest BCUT2D eigenvalue weighted by molar-refractivity contribution is 7.89. The van der Waals surface area contributed by atoms with Crippen LogP contribution in [0.2, 0.25) is 5.02 Å². The number of esters is 1. The Bertz CT molecular complexity index is 1300. The smallest absolute Gasteiger partial charge is 0.349 e. The zero-order chi connectivity index (χ0) is 26.5. The number of rotatable bonds is 8. The number of ether oxygens (including phenoxy) is 1. The third-order valence-corrected chi connectivity index (χ3v) is 8.23. The number of aryl methyl sites for hydroxylation is 1. The van der Waals surface area contributed by atoms with Crippen LogP contribution < -0.4 is 0 Å². The van der Waals surface area contributed by atoms with Gasteiger partial charge in [0.05, 0.1) is 4.90 Å². The van der Waals surface area contributed by atoms with Crippen molar-refractivity contribution in [3.8, 4) is 6.07 Å². The van der Waals surface area contributed by atoms with Crippen molar-refractivity contribution in [2.24, 2.45) is 0 Å². The van der Waals surface area contributed by atoms with Gasteiger partial charge in [-0.15, -0.1) is 0 Å². The molecule has 0 saturated carbocycles. The number of sulfonamides is 1. The first kappa shape index (κ1) is 27.5. The number of amides is 1. The van der Waals surface area contributed by atoms with Gasteiger partial charge in [0.25, 0.3) is 5.91 Å². The Balaban J connectivity index is 1.57. The summed E-state index contributed by atoms with van der Waals surface area (Å²) >= 11 is 5.84. The number of aromatic nitrogens is 1. The maximum absolute atomic E-state index is 12.8. The van der Waals surface area contributed by atoms with Crippen LogP contribution in [0.3, 0.4) is 0 Å². The van der Waals surface area contributed by atoms with Gasteiger partial charge in [-0.1, -0.05) is 18.5 Å². The van der Waals surface area contributed by atoms with Crippen LogP contribution in [0.1, 0.15) is 30.3 Å². The highest BCUT2D eigenvalue weighted by Gasteiger charge is 2.30. The molecule has 0 spiro atoms. The molecule has 0 bridgehead atoms. The fraction of sp³-hybridized carbons (Fsp3) is 0.400. The molecule has 0 atom stereocenters. The third-order valence-electron chi connectivity index (χ3n) is 6.07. The summed E-state index contributed by atoms with van der Waals surface area (Å²) in [7, 11) is -3.70. The Kier molecular flexibility index (Phi) is 8.95. The number of nitrogens with zero attached hydrogens (tertiary/aromatic N) is 4. The van der Waals surface area contributed by atoms with Crippen molar-refractivity contribution in [3.05, 3.63) is 57.9 Å². The first-order chi connectivity index (χ1) is 17.1. The van der Waals surface area contributed by atoms with Crippen LogP contribution in [0, 0.1) is 25.2 Å². The van der Waals surface area contributed by atoms with Gasteiger partial charge in [-0.2, -0.15) is 9.57 Å². The second-order valence-corrected chi connectivity index (χ2v) is 10.8. The van der Waals surface area contributed by atoms with Gasteiger partial charge in [-0.25, -0.2) is 13.2 Å². The second kappa shape index (κ2) is 11.7. The first-order valence-electron chi connectivity index (χ1n) is 11.6. The summed E-state index contributed by atoms with van der Waals surface area (Å²) in [5.41, 5.74) is 2.52. The number of piperazine rings is 1. The zero-order valence-electron chi connectivity index (χ0n) is 20.5. The number of hydrogen-bond acceptors (Lipinski definition) is 6. The molecule has 1 amide bonds. The van der Waals surface area contributed by atoms with E-state index in [4.69, 9.17) is 16.3 Å². The van der Waals surface area contributed by atoms with Gasteiger partial charge in [0.1, 0.15) is 11.6 Å². The highest BCUT2D eigenvalue weighted by Crippen LogP contribution is 2.21. The van der Waals surface area contributed by atoms with E-state index in [0.29, 0.717) is 5.02 Å². The summed E-state index contributed by atoms with van der Waals surface area (Å²) in [6.45, 7) is 6.80. The van der Waals surface area contributed by atoms with Gasteiger partial charge < -0.3 is 14.2 Å². The number of nitriles is 1. The summed E-state index contributed by atoms with van der Waals surface area (Å²) in [6.07, 6.45) is 2.43. The standard InChI is InChI=1S/C25H29ClN4O5S/c1-4-9-30-18(2)14-20(19(30)3)15-21(16-27)25(32)35-17-24(31)28-10-12-29(13-11-28)36(33,34)23-7-5-22(26)6-8-23/h5-8,14-15H,4,9-13,17H2,1-3H3. The molecule has 2 heterocycles. The van der Waals surface area contributed by atoms with Crippen molar-refractivity contribution in [1.29, 1.82) is 5.26 Å². The quantitative estimate of drug-likeness (QED) is 0.293. The number of halogens is 1. The minimum atomic E-state index is -3.70. The van der Waals surface area contributed by atoms with Gasteiger partial charge in [0.15, 0.2) is 6.61 Å². The largest absolute Gasteiger partial charge is 0.451 e. The Morgan fingerprint density at radius 1 is 1.14 bits per heavy atom. The summed E-state index contributed by atoms with van der Waals surface area (Å²) in [6, 6.07) is 9.66. The second-order valence-electron chi connectivity index (χ2n) is 8.46. The molecule has 36 heavy (non-hydrogen) atoms. The minimum absolute atomic E-state index is 0.112. The molecule has 0 radical (unpaired) electrons. The predicted octanol–water partition coefficient (Wildman–Crippen LogP) is 3.15. The lowest BCUT2D eigenvalue weighted by Gasteiger charge is -2.33. The van der Waals surface area contributed by atoms with E-state index in [1.54, 1.807) is 0 Å². The van der Waals surface area contributed by atoms with Gasteiger partial charge in [0.2, 0.25) is 10.0 Å².